The number of carbonyl (C=O) groups is 2. The highest BCUT2D eigenvalue weighted by molar-refractivity contribution is 6.21. The van der Waals surface area contributed by atoms with Gasteiger partial charge in [0.2, 0.25) is 0 Å². The summed E-state index contributed by atoms with van der Waals surface area (Å²) in [5.41, 5.74) is -0.394. The molecule has 1 aromatic carbocycles. The second-order valence-corrected chi connectivity index (χ2v) is 4.30. The normalized spacial score (nSPS) is 13.7. The smallest absolute Gasteiger partial charge is 0.266 e. The van der Waals surface area contributed by atoms with Crippen molar-refractivity contribution in [2.45, 2.75) is 6.67 Å². The van der Waals surface area contributed by atoms with E-state index in [9.17, 15) is 19.2 Å². The number of nitrogens with one attached hydrogen (secondary N) is 1. The van der Waals surface area contributed by atoms with Gasteiger partial charge in [-0.3, -0.25) is 29.2 Å². The third-order valence-electron chi connectivity index (χ3n) is 3.05. The minimum atomic E-state index is -0.499. The number of rotatable bonds is 2. The summed E-state index contributed by atoms with van der Waals surface area (Å²) in [5.74, 6) is -0.968. The van der Waals surface area contributed by atoms with Crippen LogP contribution >= 0.6 is 0 Å². The number of nitrogens with zero attached hydrogens (tertiary/aromatic N) is 2. The zero-order chi connectivity index (χ0) is 14.3. The maximum atomic E-state index is 12.1. The van der Waals surface area contributed by atoms with Crippen LogP contribution in [0.15, 0.2) is 46.0 Å². The molecule has 1 aliphatic rings. The van der Waals surface area contributed by atoms with Gasteiger partial charge in [-0.2, -0.15) is 0 Å². The number of carbonyl (C=O) groups excluding carboxylic acids is 2. The zero-order valence-electron chi connectivity index (χ0n) is 10.2. The highest BCUT2D eigenvalue weighted by atomic mass is 16.2. The van der Waals surface area contributed by atoms with Crippen LogP contribution in [0.3, 0.4) is 0 Å². The number of amides is 2. The Morgan fingerprint density at radius 3 is 2.05 bits per heavy atom. The van der Waals surface area contributed by atoms with E-state index in [1.54, 1.807) is 24.3 Å². The lowest BCUT2D eigenvalue weighted by molar-refractivity contribution is 0.0594. The van der Waals surface area contributed by atoms with Crippen molar-refractivity contribution in [2.24, 2.45) is 0 Å². The second-order valence-electron chi connectivity index (χ2n) is 4.30. The molecule has 0 unspecified atom stereocenters. The van der Waals surface area contributed by atoms with Crippen LogP contribution in [0, 0.1) is 0 Å². The number of aromatic nitrogens is 2. The Labute approximate surface area is 112 Å². The number of benzene rings is 1. The molecular weight excluding hydrogens is 262 g/mol. The topological polar surface area (TPSA) is 92.2 Å². The highest BCUT2D eigenvalue weighted by Crippen LogP contribution is 2.22. The second kappa shape index (κ2) is 4.30. The Balaban J connectivity index is 2.00. The summed E-state index contributed by atoms with van der Waals surface area (Å²) in [5, 5.41) is 2.27. The van der Waals surface area contributed by atoms with E-state index in [0.717, 1.165) is 21.7 Å². The fraction of sp³-hybridized carbons (Fsp3) is 0.0769. The van der Waals surface area contributed by atoms with Crippen molar-refractivity contribution >= 4 is 11.8 Å². The van der Waals surface area contributed by atoms with Crippen LogP contribution in [0.25, 0.3) is 0 Å². The molecular formula is C13H9N3O4. The van der Waals surface area contributed by atoms with Gasteiger partial charge in [-0.1, -0.05) is 12.1 Å². The molecule has 0 radical (unpaired) electrons. The lowest BCUT2D eigenvalue weighted by Crippen LogP contribution is -2.39. The molecule has 1 aromatic heterocycles. The van der Waals surface area contributed by atoms with E-state index < -0.39 is 22.9 Å². The van der Waals surface area contributed by atoms with Crippen LogP contribution in [0.4, 0.5) is 0 Å². The fourth-order valence-corrected chi connectivity index (χ4v) is 2.08. The van der Waals surface area contributed by atoms with Gasteiger partial charge in [-0.15, -0.1) is 0 Å². The summed E-state index contributed by atoms with van der Waals surface area (Å²) in [4.78, 5) is 47.9. The lowest BCUT2D eigenvalue weighted by atomic mass is 10.1. The largest absolute Gasteiger partial charge is 0.269 e. The quantitative estimate of drug-likeness (QED) is 0.765. The monoisotopic (exact) mass is 271 g/mol. The Kier molecular flexibility index (Phi) is 2.60. The van der Waals surface area contributed by atoms with Crippen molar-refractivity contribution in [3.63, 3.8) is 0 Å². The number of aromatic amines is 1. The Bertz CT molecular complexity index is 799. The maximum absolute atomic E-state index is 12.1. The predicted molar refractivity (Wildman–Crippen MR) is 68.3 cm³/mol. The maximum Gasteiger partial charge on any atom is 0.266 e. The molecule has 0 fully saturated rings. The zero-order valence-corrected chi connectivity index (χ0v) is 10.2. The van der Waals surface area contributed by atoms with Gasteiger partial charge in [-0.05, 0) is 12.1 Å². The summed E-state index contributed by atoms with van der Waals surface area (Å²) in [6.45, 7) is -0.318. The van der Waals surface area contributed by atoms with Gasteiger partial charge in [0.25, 0.3) is 22.9 Å². The molecule has 1 aliphatic heterocycles. The van der Waals surface area contributed by atoms with E-state index in [2.05, 4.69) is 5.10 Å². The average Bonchev–Trinajstić information content (AvgIpc) is 2.68. The van der Waals surface area contributed by atoms with Crippen LogP contribution in [-0.2, 0) is 6.67 Å². The SMILES string of the molecule is O=C1c2ccccc2C(=O)N1Cn1[nH]c(=O)ccc1=O. The summed E-state index contributed by atoms with van der Waals surface area (Å²) >= 11 is 0. The molecule has 7 nitrogen and oxygen atoms in total. The Hall–Kier alpha value is -2.96. The van der Waals surface area contributed by atoms with E-state index in [4.69, 9.17) is 0 Å². The minimum Gasteiger partial charge on any atom is -0.269 e. The number of hydrogen-bond acceptors (Lipinski definition) is 4. The molecule has 0 saturated heterocycles. The van der Waals surface area contributed by atoms with Gasteiger partial charge in [-0.25, -0.2) is 4.68 Å². The minimum absolute atomic E-state index is 0.295. The van der Waals surface area contributed by atoms with Crippen molar-refractivity contribution < 1.29 is 9.59 Å². The molecule has 0 aliphatic carbocycles. The number of H-pyrrole nitrogens is 1. The Morgan fingerprint density at radius 2 is 1.45 bits per heavy atom. The van der Waals surface area contributed by atoms with E-state index in [0.29, 0.717) is 11.1 Å². The first-order valence-corrected chi connectivity index (χ1v) is 5.83. The molecule has 1 N–H and O–H groups in total. The summed E-state index contributed by atoms with van der Waals surface area (Å²) < 4.78 is 0.921. The van der Waals surface area contributed by atoms with Crippen LogP contribution < -0.4 is 11.1 Å². The van der Waals surface area contributed by atoms with Crippen LogP contribution in [0.2, 0.25) is 0 Å². The van der Waals surface area contributed by atoms with Gasteiger partial charge < -0.3 is 0 Å². The molecule has 2 aromatic rings. The van der Waals surface area contributed by atoms with Crippen molar-refractivity contribution in [1.29, 1.82) is 0 Å². The van der Waals surface area contributed by atoms with E-state index in [1.807, 2.05) is 0 Å². The van der Waals surface area contributed by atoms with Crippen LogP contribution in [0.5, 0.6) is 0 Å². The molecule has 0 bridgehead atoms. The fourth-order valence-electron chi connectivity index (χ4n) is 2.08. The average molecular weight is 271 g/mol. The molecule has 7 heteroatoms. The standard InChI is InChI=1S/C13H9N3O4/c17-10-5-6-11(18)16(14-10)7-15-12(19)8-3-1-2-4-9(8)13(15)20/h1-6H,7H2,(H,14,17). The first-order valence-electron chi connectivity index (χ1n) is 5.83. The first-order chi connectivity index (χ1) is 9.58. The van der Waals surface area contributed by atoms with Gasteiger partial charge >= 0.3 is 0 Å². The molecule has 0 spiro atoms. The number of hydrogen-bond donors (Lipinski definition) is 1. The van der Waals surface area contributed by atoms with Crippen LogP contribution in [-0.4, -0.2) is 26.5 Å². The molecule has 100 valence electrons. The van der Waals surface area contributed by atoms with Crippen LogP contribution in [0.1, 0.15) is 20.7 Å². The number of imide groups is 1. The molecule has 0 atom stereocenters. The van der Waals surface area contributed by atoms with Gasteiger partial charge in [0.15, 0.2) is 0 Å². The summed E-state index contributed by atoms with van der Waals surface area (Å²) in [6.07, 6.45) is 0. The van der Waals surface area contributed by atoms with Crippen molar-refractivity contribution in [3.05, 3.63) is 68.2 Å². The molecule has 3 rings (SSSR count). The van der Waals surface area contributed by atoms with E-state index >= 15 is 0 Å². The third kappa shape index (κ3) is 1.76. The third-order valence-corrected chi connectivity index (χ3v) is 3.05. The van der Waals surface area contributed by atoms with Gasteiger partial charge in [0, 0.05) is 12.1 Å². The Morgan fingerprint density at radius 1 is 0.850 bits per heavy atom. The van der Waals surface area contributed by atoms with Gasteiger partial charge in [0.05, 0.1) is 11.1 Å². The molecule has 2 amide bonds. The highest BCUT2D eigenvalue weighted by Gasteiger charge is 2.35. The molecule has 2 heterocycles. The molecule has 0 saturated carbocycles. The van der Waals surface area contributed by atoms with Crippen molar-refractivity contribution in [2.75, 3.05) is 0 Å². The van der Waals surface area contributed by atoms with Gasteiger partial charge in [0.1, 0.15) is 6.67 Å². The van der Waals surface area contributed by atoms with Crippen molar-refractivity contribution in [3.8, 4) is 0 Å². The van der Waals surface area contributed by atoms with E-state index in [-0.39, 0.29) is 6.67 Å². The first kappa shape index (κ1) is 12.1. The summed E-state index contributed by atoms with van der Waals surface area (Å²) in [6, 6.07) is 8.57. The summed E-state index contributed by atoms with van der Waals surface area (Å²) in [7, 11) is 0. The predicted octanol–water partition coefficient (Wildman–Crippen LogP) is -0.210. The number of fused-ring (bicyclic) bond motifs is 1. The van der Waals surface area contributed by atoms with Crippen molar-refractivity contribution in [1.82, 2.24) is 14.7 Å². The lowest BCUT2D eigenvalue weighted by Gasteiger charge is -2.14. The van der Waals surface area contributed by atoms with E-state index in [1.165, 1.54) is 0 Å². The molecule has 20 heavy (non-hydrogen) atoms.